The van der Waals surface area contributed by atoms with Crippen LogP contribution >= 0.6 is 0 Å². The molecule has 1 aromatic carbocycles. The lowest BCUT2D eigenvalue weighted by Gasteiger charge is -2.33. The number of hydrogen-bond acceptors (Lipinski definition) is 6. The van der Waals surface area contributed by atoms with Crippen LogP contribution in [0.3, 0.4) is 0 Å². The number of hydrogen-bond donors (Lipinski definition) is 3. The number of guanidine groups is 1. The molecule has 7 heteroatoms. The average molecular weight is 345 g/mol. The normalized spacial score (nSPS) is 19.7. The van der Waals surface area contributed by atoms with E-state index in [0.717, 1.165) is 31.5 Å². The lowest BCUT2D eigenvalue weighted by molar-refractivity contribution is -0.385. The summed E-state index contributed by atoms with van der Waals surface area (Å²) in [5, 5.41) is 21.1. The molecule has 25 heavy (non-hydrogen) atoms. The number of anilines is 1. The van der Waals surface area contributed by atoms with Gasteiger partial charge in [0.05, 0.1) is 4.92 Å². The zero-order chi connectivity index (χ0) is 18.4. The first-order chi connectivity index (χ1) is 11.9. The van der Waals surface area contributed by atoms with E-state index in [-0.39, 0.29) is 10.6 Å². The van der Waals surface area contributed by atoms with Crippen LogP contribution in [0.15, 0.2) is 35.0 Å². The predicted molar refractivity (Wildman–Crippen MR) is 102 cm³/mol. The van der Waals surface area contributed by atoms with Gasteiger partial charge in [0.1, 0.15) is 5.66 Å². The van der Waals surface area contributed by atoms with Crippen LogP contribution in [0, 0.1) is 17.0 Å². The maximum Gasteiger partial charge on any atom is 0.274 e. The number of benzene rings is 1. The fourth-order valence-corrected chi connectivity index (χ4v) is 2.92. The second-order valence-corrected chi connectivity index (χ2v) is 6.20. The van der Waals surface area contributed by atoms with E-state index in [4.69, 9.17) is 4.99 Å². The van der Waals surface area contributed by atoms with Gasteiger partial charge >= 0.3 is 0 Å². The maximum atomic E-state index is 11.2. The summed E-state index contributed by atoms with van der Waals surface area (Å²) in [6, 6.07) is 5.10. The number of nitrogens with one attached hydrogen (secondary N) is 3. The number of nitro groups is 1. The molecule has 1 aliphatic heterocycles. The molecule has 1 aliphatic rings. The molecule has 1 aromatic rings. The van der Waals surface area contributed by atoms with Crippen molar-refractivity contribution in [3.63, 3.8) is 0 Å². The highest BCUT2D eigenvalue weighted by atomic mass is 16.6. The average Bonchev–Trinajstić information content (AvgIpc) is 2.57. The van der Waals surface area contributed by atoms with E-state index in [9.17, 15) is 10.1 Å². The lowest BCUT2D eigenvalue weighted by Crippen LogP contribution is -2.48. The first-order valence-electron chi connectivity index (χ1n) is 8.78. The van der Waals surface area contributed by atoms with Crippen molar-refractivity contribution in [2.45, 2.75) is 52.6 Å². The molecule has 0 saturated heterocycles. The van der Waals surface area contributed by atoms with Gasteiger partial charge in [0.25, 0.3) is 5.69 Å². The van der Waals surface area contributed by atoms with Crippen LogP contribution in [-0.2, 0) is 0 Å². The third-order valence-corrected chi connectivity index (χ3v) is 4.21. The van der Waals surface area contributed by atoms with Crippen molar-refractivity contribution in [2.75, 3.05) is 11.9 Å². The van der Waals surface area contributed by atoms with Gasteiger partial charge in [0, 0.05) is 23.0 Å². The van der Waals surface area contributed by atoms with Crippen LogP contribution in [0.25, 0.3) is 0 Å². The van der Waals surface area contributed by atoms with Gasteiger partial charge in [0.15, 0.2) is 0 Å². The molecular weight excluding hydrogens is 318 g/mol. The van der Waals surface area contributed by atoms with Crippen molar-refractivity contribution in [3.05, 3.63) is 45.6 Å². The van der Waals surface area contributed by atoms with Crippen molar-refractivity contribution in [1.29, 1.82) is 0 Å². The smallest absolute Gasteiger partial charge is 0.274 e. The number of likely N-dealkylation sites (N-methyl/N-ethyl adjacent to an activating group) is 1. The van der Waals surface area contributed by atoms with Gasteiger partial charge < -0.3 is 10.6 Å². The standard InChI is InChI=1S/C18H27N5O2/c1-5-8-15-12-18(6-2,19-7-3)22-17(21-15)20-14-10-9-13(4)16(11-14)23(24)25/h9-12,19H,5-8H2,1-4H3,(H2,20,21,22). The lowest BCUT2D eigenvalue weighted by atomic mass is 10.0. The largest absolute Gasteiger partial charge is 0.330 e. The van der Waals surface area contributed by atoms with Gasteiger partial charge in [-0.05, 0) is 38.5 Å². The van der Waals surface area contributed by atoms with Crippen LogP contribution in [0.5, 0.6) is 0 Å². The van der Waals surface area contributed by atoms with Gasteiger partial charge in [-0.1, -0.05) is 33.3 Å². The molecule has 0 fully saturated rings. The predicted octanol–water partition coefficient (Wildman–Crippen LogP) is 3.67. The Hall–Kier alpha value is -2.41. The Labute approximate surface area is 148 Å². The molecule has 136 valence electrons. The minimum Gasteiger partial charge on any atom is -0.330 e. The van der Waals surface area contributed by atoms with E-state index in [1.807, 2.05) is 6.07 Å². The topological polar surface area (TPSA) is 91.6 Å². The molecule has 3 N–H and O–H groups in total. The Morgan fingerprint density at radius 3 is 2.68 bits per heavy atom. The van der Waals surface area contributed by atoms with Crippen LogP contribution in [0.2, 0.25) is 0 Å². The summed E-state index contributed by atoms with van der Waals surface area (Å²) in [6.07, 6.45) is 4.90. The van der Waals surface area contributed by atoms with Crippen molar-refractivity contribution in [1.82, 2.24) is 10.6 Å². The molecule has 0 aromatic heterocycles. The fraction of sp³-hybridized carbons (Fsp3) is 0.500. The van der Waals surface area contributed by atoms with Crippen LogP contribution in [-0.4, -0.2) is 23.1 Å². The summed E-state index contributed by atoms with van der Waals surface area (Å²) in [5.74, 6) is 0.604. The maximum absolute atomic E-state index is 11.2. The summed E-state index contributed by atoms with van der Waals surface area (Å²) in [6.45, 7) is 8.81. The third-order valence-electron chi connectivity index (χ3n) is 4.21. The SMILES string of the molecule is CCCC1=CC(CC)(NCC)N=C(Nc2ccc(C)c([N+](=O)[O-])c2)N1. The molecule has 2 rings (SSSR count). The second-order valence-electron chi connectivity index (χ2n) is 6.20. The third kappa shape index (κ3) is 4.57. The van der Waals surface area contributed by atoms with E-state index >= 15 is 0 Å². The number of allylic oxidation sites excluding steroid dienone is 1. The summed E-state index contributed by atoms with van der Waals surface area (Å²) in [5.41, 5.74) is 2.02. The fourth-order valence-electron chi connectivity index (χ4n) is 2.92. The zero-order valence-corrected chi connectivity index (χ0v) is 15.3. The highest BCUT2D eigenvalue weighted by Crippen LogP contribution is 2.25. The Morgan fingerprint density at radius 2 is 2.08 bits per heavy atom. The monoisotopic (exact) mass is 345 g/mol. The number of nitro benzene ring substituents is 1. The molecule has 1 unspecified atom stereocenters. The quantitative estimate of drug-likeness (QED) is 0.518. The molecule has 0 aliphatic carbocycles. The highest BCUT2D eigenvalue weighted by Gasteiger charge is 2.29. The van der Waals surface area contributed by atoms with Crippen LogP contribution in [0.1, 0.15) is 45.6 Å². The van der Waals surface area contributed by atoms with E-state index in [1.165, 1.54) is 6.07 Å². The summed E-state index contributed by atoms with van der Waals surface area (Å²) >= 11 is 0. The van der Waals surface area contributed by atoms with Crippen LogP contribution < -0.4 is 16.0 Å². The van der Waals surface area contributed by atoms with Crippen LogP contribution in [0.4, 0.5) is 11.4 Å². The molecule has 0 bridgehead atoms. The molecule has 1 heterocycles. The van der Waals surface area contributed by atoms with E-state index in [2.05, 4.69) is 42.8 Å². The van der Waals surface area contributed by atoms with Gasteiger partial charge in [-0.2, -0.15) is 0 Å². The van der Waals surface area contributed by atoms with E-state index in [0.29, 0.717) is 17.2 Å². The van der Waals surface area contributed by atoms with Gasteiger partial charge in [-0.3, -0.25) is 15.4 Å². The van der Waals surface area contributed by atoms with E-state index in [1.54, 1.807) is 13.0 Å². The Kier molecular flexibility index (Phi) is 6.14. The molecule has 0 amide bonds. The molecule has 0 spiro atoms. The number of aliphatic imine (C=N–C) groups is 1. The first-order valence-corrected chi connectivity index (χ1v) is 8.78. The number of rotatable bonds is 7. The Balaban J connectivity index is 2.31. The first kappa shape index (κ1) is 18.9. The molecular formula is C18H27N5O2. The van der Waals surface area contributed by atoms with Crippen molar-refractivity contribution in [3.8, 4) is 0 Å². The van der Waals surface area contributed by atoms with Gasteiger partial charge in [0.2, 0.25) is 5.96 Å². The minimum atomic E-state index is -0.455. The number of nitrogens with zero attached hydrogens (tertiary/aromatic N) is 2. The van der Waals surface area contributed by atoms with Gasteiger partial charge in [-0.15, -0.1) is 0 Å². The Morgan fingerprint density at radius 1 is 1.32 bits per heavy atom. The highest BCUT2D eigenvalue weighted by molar-refractivity contribution is 5.96. The summed E-state index contributed by atoms with van der Waals surface area (Å²) < 4.78 is 0. The van der Waals surface area contributed by atoms with Crippen molar-refractivity contribution < 1.29 is 4.92 Å². The molecule has 0 radical (unpaired) electrons. The van der Waals surface area contributed by atoms with Crippen molar-refractivity contribution >= 4 is 17.3 Å². The zero-order valence-electron chi connectivity index (χ0n) is 15.3. The molecule has 7 nitrogen and oxygen atoms in total. The minimum absolute atomic E-state index is 0.0965. The summed E-state index contributed by atoms with van der Waals surface area (Å²) in [4.78, 5) is 15.6. The molecule has 1 atom stereocenters. The van der Waals surface area contributed by atoms with Gasteiger partial charge in [-0.25, -0.2) is 4.99 Å². The second kappa shape index (κ2) is 8.11. The van der Waals surface area contributed by atoms with Crippen molar-refractivity contribution in [2.24, 2.45) is 4.99 Å². The Bertz CT molecular complexity index is 699. The number of aryl methyl sites for hydroxylation is 1. The summed E-state index contributed by atoms with van der Waals surface area (Å²) in [7, 11) is 0. The van der Waals surface area contributed by atoms with E-state index < -0.39 is 5.66 Å². The molecule has 0 saturated carbocycles.